The number of amides is 1. The zero-order valence-electron chi connectivity index (χ0n) is 22.0. The topological polar surface area (TPSA) is 76.1 Å². The summed E-state index contributed by atoms with van der Waals surface area (Å²) in [5, 5.41) is 6.32. The standard InChI is InChI=1S/C29H33F3N4O2/c1-17-12-18(14-20(13-17)36-28(37)38-29(2,3)4)21-10-11-33-16-25(21)34-15-19-8-9-24(32)27(35-19)26-22(30)6-5-7-23(26)31/h5-11,16-18,20,34H,12-15H2,1-4H3,(H,36,37)/t17-,18+,20-/m0/s1. The summed E-state index contributed by atoms with van der Waals surface area (Å²) in [6.07, 6.45) is 5.56. The molecule has 0 unspecified atom stereocenters. The minimum absolute atomic E-state index is 0.0309. The number of pyridine rings is 2. The van der Waals surface area contributed by atoms with E-state index in [-0.39, 0.29) is 24.2 Å². The highest BCUT2D eigenvalue weighted by molar-refractivity contribution is 5.68. The average Bonchev–Trinajstić information content (AvgIpc) is 2.82. The van der Waals surface area contributed by atoms with Crippen molar-refractivity contribution in [1.82, 2.24) is 15.3 Å². The van der Waals surface area contributed by atoms with Gasteiger partial charge in [0, 0.05) is 12.2 Å². The molecule has 4 rings (SSSR count). The molecule has 2 N–H and O–H groups in total. The monoisotopic (exact) mass is 526 g/mol. The second-order valence-electron chi connectivity index (χ2n) is 10.9. The molecule has 1 aromatic carbocycles. The largest absolute Gasteiger partial charge is 0.444 e. The molecule has 1 aliphatic carbocycles. The molecule has 38 heavy (non-hydrogen) atoms. The van der Waals surface area contributed by atoms with Crippen molar-refractivity contribution in [2.75, 3.05) is 5.32 Å². The molecule has 0 radical (unpaired) electrons. The smallest absolute Gasteiger partial charge is 0.407 e. The van der Waals surface area contributed by atoms with E-state index in [1.165, 1.54) is 12.1 Å². The zero-order valence-corrected chi connectivity index (χ0v) is 22.0. The Morgan fingerprint density at radius 3 is 2.47 bits per heavy atom. The fourth-order valence-electron chi connectivity index (χ4n) is 5.02. The number of nitrogens with one attached hydrogen (secondary N) is 2. The van der Waals surface area contributed by atoms with Crippen molar-refractivity contribution < 1.29 is 22.7 Å². The van der Waals surface area contributed by atoms with Crippen molar-refractivity contribution in [2.45, 2.75) is 71.1 Å². The Hall–Kier alpha value is -3.62. The molecule has 1 amide bonds. The van der Waals surface area contributed by atoms with Crippen LogP contribution in [0.2, 0.25) is 0 Å². The second kappa shape index (κ2) is 11.4. The number of carbonyl (C=O) groups is 1. The Morgan fingerprint density at radius 2 is 1.76 bits per heavy atom. The molecule has 2 heterocycles. The van der Waals surface area contributed by atoms with E-state index in [1.807, 2.05) is 26.8 Å². The van der Waals surface area contributed by atoms with Crippen LogP contribution in [0.3, 0.4) is 0 Å². The van der Waals surface area contributed by atoms with E-state index in [0.29, 0.717) is 11.6 Å². The van der Waals surface area contributed by atoms with E-state index >= 15 is 0 Å². The number of benzene rings is 1. The van der Waals surface area contributed by atoms with Crippen LogP contribution in [0.25, 0.3) is 11.3 Å². The number of carbonyl (C=O) groups excluding carboxylic acids is 1. The predicted molar refractivity (Wildman–Crippen MR) is 140 cm³/mol. The third-order valence-electron chi connectivity index (χ3n) is 6.52. The molecule has 0 aliphatic heterocycles. The van der Waals surface area contributed by atoms with Crippen molar-refractivity contribution in [3.63, 3.8) is 0 Å². The van der Waals surface area contributed by atoms with E-state index in [4.69, 9.17) is 4.74 Å². The van der Waals surface area contributed by atoms with E-state index in [2.05, 4.69) is 27.5 Å². The predicted octanol–water partition coefficient (Wildman–Crippen LogP) is 6.97. The maximum atomic E-state index is 14.5. The summed E-state index contributed by atoms with van der Waals surface area (Å²) in [5.74, 6) is -2.02. The van der Waals surface area contributed by atoms with Gasteiger partial charge in [0.25, 0.3) is 0 Å². The molecule has 202 valence electrons. The molecule has 1 saturated carbocycles. The van der Waals surface area contributed by atoms with Gasteiger partial charge in [-0.1, -0.05) is 13.0 Å². The lowest BCUT2D eigenvalue weighted by molar-refractivity contribution is 0.0482. The molecular formula is C29H33F3N4O2. The fourth-order valence-corrected chi connectivity index (χ4v) is 5.02. The highest BCUT2D eigenvalue weighted by atomic mass is 19.1. The summed E-state index contributed by atoms with van der Waals surface area (Å²) in [5.41, 5.74) is 0.813. The summed E-state index contributed by atoms with van der Waals surface area (Å²) < 4.78 is 48.5. The highest BCUT2D eigenvalue weighted by Crippen LogP contribution is 2.39. The van der Waals surface area contributed by atoms with Gasteiger partial charge in [0.1, 0.15) is 28.7 Å². The van der Waals surface area contributed by atoms with Gasteiger partial charge in [-0.2, -0.15) is 0 Å². The number of alkyl carbamates (subject to hydrolysis) is 1. The first-order chi connectivity index (χ1) is 18.0. The van der Waals surface area contributed by atoms with Crippen LogP contribution in [0, 0.1) is 23.4 Å². The number of hydrogen-bond donors (Lipinski definition) is 2. The Labute approximate surface area is 221 Å². The van der Waals surface area contributed by atoms with Gasteiger partial charge in [0.2, 0.25) is 0 Å². The molecule has 9 heteroatoms. The van der Waals surface area contributed by atoms with Crippen LogP contribution < -0.4 is 10.6 Å². The normalized spacial score (nSPS) is 19.6. The van der Waals surface area contributed by atoms with Gasteiger partial charge in [-0.05, 0) is 87.8 Å². The van der Waals surface area contributed by atoms with Crippen molar-refractivity contribution >= 4 is 11.8 Å². The fraction of sp³-hybridized carbons (Fsp3) is 0.414. The Bertz CT molecular complexity index is 1270. The minimum Gasteiger partial charge on any atom is -0.444 e. The van der Waals surface area contributed by atoms with Gasteiger partial charge in [-0.15, -0.1) is 0 Å². The first kappa shape index (κ1) is 27.4. The summed E-state index contributed by atoms with van der Waals surface area (Å²) in [4.78, 5) is 20.8. The quantitative estimate of drug-likeness (QED) is 0.363. The number of aromatic nitrogens is 2. The third kappa shape index (κ3) is 6.82. The lowest BCUT2D eigenvalue weighted by atomic mass is 9.76. The maximum absolute atomic E-state index is 14.5. The molecule has 3 atom stereocenters. The van der Waals surface area contributed by atoms with Gasteiger partial charge < -0.3 is 15.4 Å². The molecular weight excluding hydrogens is 493 g/mol. The summed E-state index contributed by atoms with van der Waals surface area (Å²) in [7, 11) is 0. The number of nitrogens with zero attached hydrogens (tertiary/aromatic N) is 2. The Morgan fingerprint density at radius 1 is 1.03 bits per heavy atom. The molecule has 0 saturated heterocycles. The molecule has 3 aromatic rings. The molecule has 0 spiro atoms. The first-order valence-corrected chi connectivity index (χ1v) is 12.8. The van der Waals surface area contributed by atoms with Gasteiger partial charge in [-0.25, -0.2) is 22.9 Å². The highest BCUT2D eigenvalue weighted by Gasteiger charge is 2.31. The van der Waals surface area contributed by atoms with Crippen LogP contribution in [0.1, 0.15) is 64.1 Å². The SMILES string of the molecule is C[C@@H]1C[C@H](NC(=O)OC(C)(C)C)C[C@H](c2ccncc2NCc2ccc(F)c(-c3c(F)cccc3F)n2)C1. The van der Waals surface area contributed by atoms with Crippen molar-refractivity contribution in [3.8, 4) is 11.3 Å². The molecule has 2 aromatic heterocycles. The van der Waals surface area contributed by atoms with Crippen molar-refractivity contribution in [3.05, 3.63) is 77.5 Å². The third-order valence-corrected chi connectivity index (χ3v) is 6.52. The van der Waals surface area contributed by atoms with E-state index < -0.39 is 34.7 Å². The lowest BCUT2D eigenvalue weighted by Gasteiger charge is -2.35. The number of hydrogen-bond acceptors (Lipinski definition) is 5. The molecule has 1 fully saturated rings. The number of ether oxygens (including phenoxy) is 1. The first-order valence-electron chi connectivity index (χ1n) is 12.8. The van der Waals surface area contributed by atoms with Gasteiger partial charge in [0.05, 0.1) is 29.7 Å². The number of rotatable bonds is 6. The Kier molecular flexibility index (Phi) is 8.23. The maximum Gasteiger partial charge on any atom is 0.407 e. The van der Waals surface area contributed by atoms with Crippen molar-refractivity contribution in [2.24, 2.45) is 5.92 Å². The van der Waals surface area contributed by atoms with Crippen molar-refractivity contribution in [1.29, 1.82) is 0 Å². The van der Waals surface area contributed by atoms with Crippen LogP contribution in [-0.4, -0.2) is 27.7 Å². The van der Waals surface area contributed by atoms with E-state index in [9.17, 15) is 18.0 Å². The van der Waals surface area contributed by atoms with Crippen LogP contribution >= 0.6 is 0 Å². The van der Waals surface area contributed by atoms with Gasteiger partial charge >= 0.3 is 6.09 Å². The second-order valence-corrected chi connectivity index (χ2v) is 10.9. The molecule has 0 bridgehead atoms. The molecule has 1 aliphatic rings. The van der Waals surface area contributed by atoms with Crippen LogP contribution in [0.4, 0.5) is 23.7 Å². The van der Waals surface area contributed by atoms with Crippen LogP contribution in [0.5, 0.6) is 0 Å². The van der Waals surface area contributed by atoms with E-state index in [0.717, 1.165) is 48.7 Å². The minimum atomic E-state index is -0.878. The number of anilines is 1. The molecule has 6 nitrogen and oxygen atoms in total. The van der Waals surface area contributed by atoms with Crippen LogP contribution in [-0.2, 0) is 11.3 Å². The van der Waals surface area contributed by atoms with Crippen LogP contribution in [0.15, 0.2) is 48.8 Å². The van der Waals surface area contributed by atoms with E-state index in [1.54, 1.807) is 12.4 Å². The summed E-state index contributed by atoms with van der Waals surface area (Å²) in [6.45, 7) is 7.86. The Balaban J connectivity index is 1.50. The summed E-state index contributed by atoms with van der Waals surface area (Å²) >= 11 is 0. The average molecular weight is 527 g/mol. The lowest BCUT2D eigenvalue weighted by Crippen LogP contribution is -2.42. The zero-order chi connectivity index (χ0) is 27.4. The number of halogens is 3. The van der Waals surface area contributed by atoms with Gasteiger partial charge in [0.15, 0.2) is 0 Å². The van der Waals surface area contributed by atoms with Gasteiger partial charge in [-0.3, -0.25) is 4.98 Å². The summed E-state index contributed by atoms with van der Waals surface area (Å²) in [6, 6.07) is 7.92.